The molecule has 0 radical (unpaired) electrons. The Labute approximate surface area is 103 Å². The van der Waals surface area contributed by atoms with Gasteiger partial charge in [-0.2, -0.15) is 0 Å². The van der Waals surface area contributed by atoms with Crippen LogP contribution in [0.4, 0.5) is 0 Å². The molecule has 1 aromatic heterocycles. The number of carbonyl (C=O) groups excluding carboxylic acids is 1. The number of amides is 1. The van der Waals surface area contributed by atoms with Crippen LogP contribution in [0.25, 0.3) is 0 Å². The van der Waals surface area contributed by atoms with Gasteiger partial charge in [0.25, 0.3) is 5.91 Å². The van der Waals surface area contributed by atoms with Crippen molar-refractivity contribution in [3.05, 3.63) is 34.2 Å². The smallest absolute Gasteiger partial charge is 0.326 e. The second-order valence-corrected chi connectivity index (χ2v) is 3.59. The summed E-state index contributed by atoms with van der Waals surface area (Å²) < 4.78 is 4.76. The minimum Gasteiger partial charge on any atom is -0.480 e. The van der Waals surface area contributed by atoms with Crippen molar-refractivity contribution < 1.29 is 19.4 Å². The lowest BCUT2D eigenvalue weighted by atomic mass is 10.2. The molecule has 0 saturated carbocycles. The SMILES string of the molecule is COCCC(NC(=O)c1cc[nH]c(=O)c1)C(=O)O. The van der Waals surface area contributed by atoms with Crippen LogP contribution in [0.2, 0.25) is 0 Å². The summed E-state index contributed by atoms with van der Waals surface area (Å²) in [4.78, 5) is 36.0. The van der Waals surface area contributed by atoms with E-state index in [1.54, 1.807) is 0 Å². The molecule has 0 aliphatic rings. The molecule has 1 atom stereocenters. The van der Waals surface area contributed by atoms with Crippen LogP contribution in [-0.4, -0.2) is 41.7 Å². The monoisotopic (exact) mass is 254 g/mol. The van der Waals surface area contributed by atoms with E-state index in [0.29, 0.717) is 0 Å². The van der Waals surface area contributed by atoms with Crippen LogP contribution in [0, 0.1) is 0 Å². The van der Waals surface area contributed by atoms with Crippen LogP contribution in [0.3, 0.4) is 0 Å². The van der Waals surface area contributed by atoms with Crippen LogP contribution in [-0.2, 0) is 9.53 Å². The molecule has 0 bridgehead atoms. The van der Waals surface area contributed by atoms with E-state index >= 15 is 0 Å². The molecule has 0 aliphatic heterocycles. The third kappa shape index (κ3) is 4.02. The zero-order chi connectivity index (χ0) is 13.5. The summed E-state index contributed by atoms with van der Waals surface area (Å²) in [7, 11) is 1.44. The molecule has 7 heteroatoms. The second-order valence-electron chi connectivity index (χ2n) is 3.59. The van der Waals surface area contributed by atoms with E-state index in [2.05, 4.69) is 10.3 Å². The fourth-order valence-electron chi connectivity index (χ4n) is 1.32. The maximum Gasteiger partial charge on any atom is 0.326 e. The number of rotatable bonds is 6. The molecule has 1 amide bonds. The highest BCUT2D eigenvalue weighted by molar-refractivity contribution is 5.96. The van der Waals surface area contributed by atoms with Gasteiger partial charge in [0.1, 0.15) is 6.04 Å². The summed E-state index contributed by atoms with van der Waals surface area (Å²) in [5.41, 5.74) is -0.311. The third-order valence-corrected chi connectivity index (χ3v) is 2.25. The van der Waals surface area contributed by atoms with Crippen molar-refractivity contribution in [1.82, 2.24) is 10.3 Å². The molecule has 98 valence electrons. The minimum atomic E-state index is -1.15. The second kappa shape index (κ2) is 6.55. The number of ether oxygens (including phenoxy) is 1. The van der Waals surface area contributed by atoms with Crippen molar-refractivity contribution in [2.24, 2.45) is 0 Å². The standard InChI is InChI=1S/C11H14N2O5/c1-18-5-3-8(11(16)17)13-10(15)7-2-4-12-9(14)6-7/h2,4,6,8H,3,5H2,1H3,(H,12,14)(H,13,15)(H,16,17). The number of pyridine rings is 1. The Morgan fingerprint density at radius 2 is 2.28 bits per heavy atom. The topological polar surface area (TPSA) is 108 Å². The number of methoxy groups -OCH3 is 1. The maximum absolute atomic E-state index is 11.7. The first-order chi connectivity index (χ1) is 8.54. The van der Waals surface area contributed by atoms with Gasteiger partial charge >= 0.3 is 5.97 Å². The number of hydrogen-bond donors (Lipinski definition) is 3. The van der Waals surface area contributed by atoms with Crippen molar-refractivity contribution in [2.75, 3.05) is 13.7 Å². The number of nitrogens with one attached hydrogen (secondary N) is 2. The summed E-state index contributed by atoms with van der Waals surface area (Å²) in [6.07, 6.45) is 1.48. The van der Waals surface area contributed by atoms with E-state index in [4.69, 9.17) is 9.84 Å². The quantitative estimate of drug-likeness (QED) is 0.639. The fraction of sp³-hybridized carbons (Fsp3) is 0.364. The summed E-state index contributed by atoms with van der Waals surface area (Å²) in [6.45, 7) is 0.215. The highest BCUT2D eigenvalue weighted by atomic mass is 16.5. The highest BCUT2D eigenvalue weighted by Gasteiger charge is 2.20. The van der Waals surface area contributed by atoms with Crippen molar-refractivity contribution in [1.29, 1.82) is 0 Å². The Bertz CT molecular complexity index is 482. The van der Waals surface area contributed by atoms with E-state index in [0.717, 1.165) is 6.07 Å². The highest BCUT2D eigenvalue weighted by Crippen LogP contribution is 1.98. The third-order valence-electron chi connectivity index (χ3n) is 2.25. The van der Waals surface area contributed by atoms with E-state index < -0.39 is 23.5 Å². The van der Waals surface area contributed by atoms with Gasteiger partial charge in [0.15, 0.2) is 0 Å². The number of aromatic nitrogens is 1. The minimum absolute atomic E-state index is 0.113. The largest absolute Gasteiger partial charge is 0.480 e. The molecule has 0 aliphatic carbocycles. The van der Waals surface area contributed by atoms with Crippen LogP contribution in [0.15, 0.2) is 23.1 Å². The zero-order valence-electron chi connectivity index (χ0n) is 9.80. The Kier molecular flexibility index (Phi) is 5.06. The van der Waals surface area contributed by atoms with Crippen molar-refractivity contribution in [3.63, 3.8) is 0 Å². The molecule has 1 heterocycles. The van der Waals surface area contributed by atoms with E-state index in [1.807, 2.05) is 0 Å². The lowest BCUT2D eigenvalue weighted by molar-refractivity contribution is -0.139. The Hall–Kier alpha value is -2.15. The van der Waals surface area contributed by atoms with Gasteiger partial charge in [-0.3, -0.25) is 9.59 Å². The molecule has 1 rings (SSSR count). The van der Waals surface area contributed by atoms with Gasteiger partial charge in [0, 0.05) is 38.0 Å². The molecule has 0 fully saturated rings. The average molecular weight is 254 g/mol. The molecule has 0 spiro atoms. The van der Waals surface area contributed by atoms with Gasteiger partial charge in [-0.05, 0) is 6.07 Å². The Morgan fingerprint density at radius 3 is 2.83 bits per heavy atom. The van der Waals surface area contributed by atoms with E-state index in [-0.39, 0.29) is 18.6 Å². The number of H-pyrrole nitrogens is 1. The summed E-state index contributed by atoms with van der Waals surface area (Å²) in [5.74, 6) is -1.75. The first-order valence-corrected chi connectivity index (χ1v) is 5.26. The van der Waals surface area contributed by atoms with Gasteiger partial charge in [0.2, 0.25) is 5.56 Å². The van der Waals surface area contributed by atoms with E-state index in [9.17, 15) is 14.4 Å². The number of carbonyl (C=O) groups is 2. The summed E-state index contributed by atoms with van der Waals surface area (Å²) >= 11 is 0. The first kappa shape index (κ1) is 13.9. The molecule has 0 aromatic carbocycles. The van der Waals surface area contributed by atoms with Crippen LogP contribution in [0.5, 0.6) is 0 Å². The molecule has 18 heavy (non-hydrogen) atoms. The molecule has 3 N–H and O–H groups in total. The Morgan fingerprint density at radius 1 is 1.56 bits per heavy atom. The van der Waals surface area contributed by atoms with Gasteiger partial charge in [0.05, 0.1) is 0 Å². The van der Waals surface area contributed by atoms with Gasteiger partial charge < -0.3 is 20.1 Å². The average Bonchev–Trinajstić information content (AvgIpc) is 2.33. The summed E-state index contributed by atoms with van der Waals surface area (Å²) in [6, 6.07) is 1.45. The molecule has 7 nitrogen and oxygen atoms in total. The zero-order valence-corrected chi connectivity index (χ0v) is 9.80. The first-order valence-electron chi connectivity index (χ1n) is 5.26. The normalized spacial score (nSPS) is 11.8. The van der Waals surface area contributed by atoms with Gasteiger partial charge in [-0.15, -0.1) is 0 Å². The van der Waals surface area contributed by atoms with Crippen LogP contribution in [0.1, 0.15) is 16.8 Å². The molecule has 1 unspecified atom stereocenters. The van der Waals surface area contributed by atoms with Crippen molar-refractivity contribution >= 4 is 11.9 Å². The number of hydrogen-bond acceptors (Lipinski definition) is 4. The van der Waals surface area contributed by atoms with Gasteiger partial charge in [-0.1, -0.05) is 0 Å². The van der Waals surface area contributed by atoms with E-state index in [1.165, 1.54) is 19.4 Å². The van der Waals surface area contributed by atoms with Crippen molar-refractivity contribution in [2.45, 2.75) is 12.5 Å². The predicted octanol–water partition coefficient (Wildman–Crippen LogP) is -0.406. The number of aromatic amines is 1. The fourth-order valence-corrected chi connectivity index (χ4v) is 1.32. The van der Waals surface area contributed by atoms with Crippen LogP contribution < -0.4 is 10.9 Å². The van der Waals surface area contributed by atoms with Gasteiger partial charge in [-0.25, -0.2) is 4.79 Å². The molecular formula is C11H14N2O5. The molecule has 0 saturated heterocycles. The predicted molar refractivity (Wildman–Crippen MR) is 62.4 cm³/mol. The summed E-state index contributed by atoms with van der Waals surface area (Å²) in [5, 5.41) is 11.2. The molecular weight excluding hydrogens is 240 g/mol. The number of aliphatic carboxylic acids is 1. The Balaban J connectivity index is 2.72. The number of carboxylic acids is 1. The van der Waals surface area contributed by atoms with Crippen molar-refractivity contribution in [3.8, 4) is 0 Å². The van der Waals surface area contributed by atoms with Crippen LogP contribution >= 0.6 is 0 Å². The lowest BCUT2D eigenvalue weighted by Gasteiger charge is -2.13. The number of carboxylic acid groups (broad SMARTS) is 1. The lowest BCUT2D eigenvalue weighted by Crippen LogP contribution is -2.41. The molecule has 1 aromatic rings. The maximum atomic E-state index is 11.7.